The van der Waals surface area contributed by atoms with Crippen molar-refractivity contribution in [2.45, 2.75) is 76.5 Å². The van der Waals surface area contributed by atoms with Gasteiger partial charge in [0.05, 0.1) is 11.4 Å². The van der Waals surface area contributed by atoms with Gasteiger partial charge in [0, 0.05) is 33.6 Å². The molecule has 0 aromatic heterocycles. The molecule has 1 saturated carbocycles. The van der Waals surface area contributed by atoms with Crippen molar-refractivity contribution in [3.8, 4) is 22.3 Å². The van der Waals surface area contributed by atoms with Crippen LogP contribution < -0.4 is 9.80 Å². The van der Waals surface area contributed by atoms with E-state index in [1.165, 1.54) is 103 Å². The molecule has 0 aliphatic heterocycles. The molecule has 64 heavy (non-hydrogen) atoms. The van der Waals surface area contributed by atoms with Crippen LogP contribution in [0.15, 0.2) is 188 Å². The van der Waals surface area contributed by atoms with Crippen LogP contribution in [-0.4, -0.2) is 0 Å². The molecule has 2 heteroatoms. The average molecular weight is 829 g/mol. The Balaban J connectivity index is 1.04. The molecule has 12 rings (SSSR count). The molecule has 1 spiro atoms. The lowest BCUT2D eigenvalue weighted by Gasteiger charge is -2.40. The number of para-hydroxylation sites is 2. The van der Waals surface area contributed by atoms with E-state index in [4.69, 9.17) is 0 Å². The molecule has 3 unspecified atom stereocenters. The first-order chi connectivity index (χ1) is 31.1. The van der Waals surface area contributed by atoms with E-state index in [9.17, 15) is 0 Å². The number of nitrogens with zero attached hydrogens (tertiary/aromatic N) is 2. The van der Waals surface area contributed by atoms with Gasteiger partial charge in [-0.2, -0.15) is 0 Å². The minimum atomic E-state index is -0.126. The molecule has 4 aliphatic rings. The van der Waals surface area contributed by atoms with Crippen LogP contribution in [0.1, 0.15) is 86.4 Å². The minimum absolute atomic E-state index is 0.0987. The minimum Gasteiger partial charge on any atom is -0.310 e. The number of rotatable bonds is 7. The number of fused-ring (bicyclic) bond motifs is 5. The summed E-state index contributed by atoms with van der Waals surface area (Å²) in [5, 5.41) is 0. The SMILES string of the molecule is CC(C)(C)c1ccc(-c2ccc(N(c3ccccc3)c3cccc4c3C35c6c(cccc6N(c6ccccc6)c6ccc7c(c6)C(C)(C)c6ccccc6-7)CC3CCC5C4)cc2)cc1. The molecule has 8 aromatic carbocycles. The maximum absolute atomic E-state index is 2.60. The Hall–Kier alpha value is -6.64. The first-order valence-corrected chi connectivity index (χ1v) is 23.5. The van der Waals surface area contributed by atoms with Crippen molar-refractivity contribution >= 4 is 34.1 Å². The Labute approximate surface area is 379 Å². The summed E-state index contributed by atoms with van der Waals surface area (Å²) >= 11 is 0. The summed E-state index contributed by atoms with van der Waals surface area (Å²) in [5.41, 5.74) is 22.8. The second kappa shape index (κ2) is 14.4. The molecule has 8 aromatic rings. The van der Waals surface area contributed by atoms with E-state index >= 15 is 0 Å². The zero-order chi connectivity index (χ0) is 43.4. The predicted octanol–water partition coefficient (Wildman–Crippen LogP) is 16.3. The van der Waals surface area contributed by atoms with E-state index < -0.39 is 0 Å². The summed E-state index contributed by atoms with van der Waals surface area (Å²) in [7, 11) is 0. The van der Waals surface area contributed by atoms with Crippen LogP contribution in [0.25, 0.3) is 22.3 Å². The normalized spacial score (nSPS) is 19.6. The van der Waals surface area contributed by atoms with E-state index in [1.807, 2.05) is 0 Å². The maximum Gasteiger partial charge on any atom is 0.0505 e. The summed E-state index contributed by atoms with van der Waals surface area (Å²) < 4.78 is 0. The molecule has 0 saturated heterocycles. The zero-order valence-corrected chi connectivity index (χ0v) is 37.8. The lowest BCUT2D eigenvalue weighted by atomic mass is 9.68. The van der Waals surface area contributed by atoms with Crippen LogP contribution in [0.4, 0.5) is 34.1 Å². The average Bonchev–Trinajstić information content (AvgIpc) is 4.01. The first kappa shape index (κ1) is 39.0. The van der Waals surface area contributed by atoms with Gasteiger partial charge in [0.2, 0.25) is 0 Å². The van der Waals surface area contributed by atoms with Gasteiger partial charge in [0.25, 0.3) is 0 Å². The molecule has 4 aliphatic carbocycles. The number of benzene rings is 8. The van der Waals surface area contributed by atoms with Crippen molar-refractivity contribution in [1.29, 1.82) is 0 Å². The molecule has 2 nitrogen and oxygen atoms in total. The van der Waals surface area contributed by atoms with Gasteiger partial charge >= 0.3 is 0 Å². The highest BCUT2D eigenvalue weighted by atomic mass is 15.2. The quantitative estimate of drug-likeness (QED) is 0.158. The number of hydrogen-bond donors (Lipinski definition) is 0. The lowest BCUT2D eigenvalue weighted by molar-refractivity contribution is 0.350. The van der Waals surface area contributed by atoms with Crippen molar-refractivity contribution in [3.63, 3.8) is 0 Å². The Kier molecular flexibility index (Phi) is 8.80. The molecule has 1 fully saturated rings. The van der Waals surface area contributed by atoms with Crippen LogP contribution in [0, 0.1) is 11.8 Å². The standard InChI is InChI=1S/C62H56N2/c1-60(2,3)45-30-26-41(27-31-45)42-28-34-50(35-29-42)63(48-18-8-6-9-19-48)56-24-14-16-43-38-46-32-33-47-39-44-17-15-25-57(59(44)62(46,47)58(43)56)64(49-20-10-7-11-21-49)51-36-37-53-52-22-12-13-23-54(52)61(4,5)55(53)40-51/h6-31,34-37,40,46-47H,32-33,38-39H2,1-5H3. The Morgan fingerprint density at radius 1 is 0.438 bits per heavy atom. The zero-order valence-electron chi connectivity index (χ0n) is 37.8. The van der Waals surface area contributed by atoms with Crippen LogP contribution in [0.5, 0.6) is 0 Å². The molecule has 314 valence electrons. The number of anilines is 6. The maximum atomic E-state index is 2.60. The topological polar surface area (TPSA) is 6.48 Å². The molecule has 0 amide bonds. The fraction of sp³-hybridized carbons (Fsp3) is 0.226. The molecule has 0 N–H and O–H groups in total. The third-order valence-electron chi connectivity index (χ3n) is 15.7. The molecular formula is C62H56N2. The molecule has 0 bridgehead atoms. The van der Waals surface area contributed by atoms with Gasteiger partial charge in [0.15, 0.2) is 0 Å². The molecule has 3 atom stereocenters. The van der Waals surface area contributed by atoms with Crippen molar-refractivity contribution in [3.05, 3.63) is 227 Å². The molecule has 0 radical (unpaired) electrons. The third kappa shape index (κ3) is 5.77. The van der Waals surface area contributed by atoms with Crippen LogP contribution in [0.2, 0.25) is 0 Å². The van der Waals surface area contributed by atoms with Crippen molar-refractivity contribution < 1.29 is 0 Å². The summed E-state index contributed by atoms with van der Waals surface area (Å²) in [6.07, 6.45) is 4.71. The van der Waals surface area contributed by atoms with Gasteiger partial charge in [-0.3, -0.25) is 0 Å². The fourth-order valence-corrected chi connectivity index (χ4v) is 12.8. The summed E-state index contributed by atoms with van der Waals surface area (Å²) in [4.78, 5) is 5.17. The van der Waals surface area contributed by atoms with Crippen LogP contribution in [-0.2, 0) is 29.1 Å². The molecular weight excluding hydrogens is 773 g/mol. The second-order valence-electron chi connectivity index (χ2n) is 20.5. The Bertz CT molecular complexity index is 3060. The summed E-state index contributed by atoms with van der Waals surface area (Å²) in [6, 6.07) is 71.4. The van der Waals surface area contributed by atoms with E-state index in [-0.39, 0.29) is 16.2 Å². The van der Waals surface area contributed by atoms with Gasteiger partial charge < -0.3 is 9.80 Å². The van der Waals surface area contributed by atoms with E-state index in [1.54, 1.807) is 5.56 Å². The highest BCUT2D eigenvalue weighted by molar-refractivity contribution is 5.89. The van der Waals surface area contributed by atoms with Crippen LogP contribution >= 0.6 is 0 Å². The fourth-order valence-electron chi connectivity index (χ4n) is 12.8. The number of hydrogen-bond acceptors (Lipinski definition) is 2. The summed E-state index contributed by atoms with van der Waals surface area (Å²) in [6.45, 7) is 11.6. The van der Waals surface area contributed by atoms with E-state index in [0.717, 1.165) is 12.8 Å². The van der Waals surface area contributed by atoms with Crippen LogP contribution in [0.3, 0.4) is 0 Å². The molecule has 0 heterocycles. The third-order valence-corrected chi connectivity index (χ3v) is 15.7. The monoisotopic (exact) mass is 828 g/mol. The van der Waals surface area contributed by atoms with Crippen molar-refractivity contribution in [2.75, 3.05) is 9.80 Å². The highest BCUT2D eigenvalue weighted by Crippen LogP contribution is 2.69. The smallest absolute Gasteiger partial charge is 0.0505 e. The Morgan fingerprint density at radius 2 is 0.906 bits per heavy atom. The highest BCUT2D eigenvalue weighted by Gasteiger charge is 2.62. The van der Waals surface area contributed by atoms with Gasteiger partial charge in [-0.15, -0.1) is 0 Å². The van der Waals surface area contributed by atoms with Crippen molar-refractivity contribution in [2.24, 2.45) is 11.8 Å². The van der Waals surface area contributed by atoms with Gasteiger partial charge in [-0.25, -0.2) is 0 Å². The van der Waals surface area contributed by atoms with Crippen molar-refractivity contribution in [1.82, 2.24) is 0 Å². The predicted molar refractivity (Wildman–Crippen MR) is 268 cm³/mol. The Morgan fingerprint density at radius 3 is 1.47 bits per heavy atom. The second-order valence-corrected chi connectivity index (χ2v) is 20.5. The largest absolute Gasteiger partial charge is 0.310 e. The van der Waals surface area contributed by atoms with E-state index in [2.05, 4.69) is 232 Å². The van der Waals surface area contributed by atoms with Gasteiger partial charge in [-0.05, 0) is 165 Å². The summed E-state index contributed by atoms with van der Waals surface area (Å²) in [5.74, 6) is 1.05. The van der Waals surface area contributed by atoms with E-state index in [0.29, 0.717) is 11.8 Å². The lowest BCUT2D eigenvalue weighted by Crippen LogP contribution is -2.34. The van der Waals surface area contributed by atoms with Gasteiger partial charge in [-0.1, -0.05) is 162 Å². The first-order valence-electron chi connectivity index (χ1n) is 23.5. The van der Waals surface area contributed by atoms with Gasteiger partial charge in [0.1, 0.15) is 0 Å².